The molecule has 1 aliphatic rings. The van der Waals surface area contributed by atoms with E-state index in [-0.39, 0.29) is 5.54 Å². The van der Waals surface area contributed by atoms with Gasteiger partial charge in [-0.2, -0.15) is 0 Å². The van der Waals surface area contributed by atoms with Crippen LogP contribution < -0.4 is 5.73 Å². The molecule has 3 heteroatoms. The predicted molar refractivity (Wildman–Crippen MR) is 85.9 cm³/mol. The summed E-state index contributed by atoms with van der Waals surface area (Å²) >= 11 is 0. The van der Waals surface area contributed by atoms with Crippen molar-refractivity contribution in [1.29, 1.82) is 0 Å². The first kappa shape index (κ1) is 15.5. The smallest absolute Gasteiger partial charge is 0.0471 e. The lowest BCUT2D eigenvalue weighted by molar-refractivity contribution is 0.0433. The molecule has 1 fully saturated rings. The molecule has 3 nitrogen and oxygen atoms in total. The van der Waals surface area contributed by atoms with Crippen LogP contribution in [0.5, 0.6) is 0 Å². The average molecular weight is 275 g/mol. The number of hydrogen-bond acceptors (Lipinski definition) is 3. The Labute approximate surface area is 123 Å². The Balaban J connectivity index is 2.02. The van der Waals surface area contributed by atoms with Gasteiger partial charge in [0.1, 0.15) is 0 Å². The van der Waals surface area contributed by atoms with Crippen molar-refractivity contribution in [1.82, 2.24) is 9.80 Å². The third kappa shape index (κ3) is 3.60. The Hall–Kier alpha value is -0.900. The summed E-state index contributed by atoms with van der Waals surface area (Å²) in [6.07, 6.45) is 0. The van der Waals surface area contributed by atoms with Gasteiger partial charge in [0, 0.05) is 44.3 Å². The monoisotopic (exact) mass is 275 g/mol. The maximum atomic E-state index is 6.04. The quantitative estimate of drug-likeness (QED) is 0.919. The maximum absolute atomic E-state index is 6.04. The van der Waals surface area contributed by atoms with E-state index in [0.29, 0.717) is 12.6 Å². The molecule has 1 aromatic carbocycles. The highest BCUT2D eigenvalue weighted by molar-refractivity contribution is 5.24. The average Bonchev–Trinajstić information content (AvgIpc) is 2.41. The molecular weight excluding hydrogens is 246 g/mol. The van der Waals surface area contributed by atoms with Crippen LogP contribution in [0.15, 0.2) is 24.3 Å². The zero-order valence-electron chi connectivity index (χ0n) is 13.4. The molecule has 1 heterocycles. The van der Waals surface area contributed by atoms with Gasteiger partial charge < -0.3 is 5.73 Å². The summed E-state index contributed by atoms with van der Waals surface area (Å²) in [5, 5.41) is 0. The number of nitrogens with zero attached hydrogens (tertiary/aromatic N) is 2. The molecule has 0 radical (unpaired) electrons. The zero-order chi connectivity index (χ0) is 14.8. The fourth-order valence-electron chi connectivity index (χ4n) is 2.99. The van der Waals surface area contributed by atoms with Crippen molar-refractivity contribution in [3.63, 3.8) is 0 Å². The highest BCUT2D eigenvalue weighted by Gasteiger charge is 2.29. The van der Waals surface area contributed by atoms with Crippen molar-refractivity contribution in [2.45, 2.75) is 39.3 Å². The first-order valence-electron chi connectivity index (χ1n) is 7.67. The summed E-state index contributed by atoms with van der Waals surface area (Å²) in [6, 6.07) is 9.18. The van der Waals surface area contributed by atoms with Crippen molar-refractivity contribution < 1.29 is 0 Å². The van der Waals surface area contributed by atoms with Crippen LogP contribution in [0.3, 0.4) is 0 Å². The minimum absolute atomic E-state index is 0.272. The summed E-state index contributed by atoms with van der Waals surface area (Å²) in [6.45, 7) is 14.2. The Morgan fingerprint density at radius 3 is 2.05 bits per heavy atom. The van der Waals surface area contributed by atoms with E-state index in [4.69, 9.17) is 5.73 Å². The third-order valence-corrected chi connectivity index (χ3v) is 4.39. The lowest BCUT2D eigenvalue weighted by Crippen LogP contribution is -2.54. The normalized spacial score (nSPS) is 20.1. The second kappa shape index (κ2) is 6.25. The molecular formula is C17H29N3. The molecule has 0 spiro atoms. The minimum Gasteiger partial charge on any atom is -0.329 e. The largest absolute Gasteiger partial charge is 0.329 e. The van der Waals surface area contributed by atoms with E-state index in [9.17, 15) is 0 Å². The van der Waals surface area contributed by atoms with Gasteiger partial charge >= 0.3 is 0 Å². The number of nitrogens with two attached hydrogens (primary N) is 1. The first-order chi connectivity index (χ1) is 9.41. The van der Waals surface area contributed by atoms with E-state index < -0.39 is 0 Å². The minimum atomic E-state index is 0.272. The lowest BCUT2D eigenvalue weighted by Gasteiger charge is -2.44. The highest BCUT2D eigenvalue weighted by atomic mass is 15.3. The van der Waals surface area contributed by atoms with Crippen LogP contribution in [0.25, 0.3) is 0 Å². The second-order valence-corrected chi connectivity index (χ2v) is 6.86. The van der Waals surface area contributed by atoms with Crippen molar-refractivity contribution in [3.05, 3.63) is 35.4 Å². The molecule has 0 bridgehead atoms. The fourth-order valence-corrected chi connectivity index (χ4v) is 2.99. The summed E-state index contributed by atoms with van der Waals surface area (Å²) in [4.78, 5) is 5.10. The molecule has 0 amide bonds. The van der Waals surface area contributed by atoms with Gasteiger partial charge in [0.2, 0.25) is 0 Å². The fraction of sp³-hybridized carbons (Fsp3) is 0.647. The maximum Gasteiger partial charge on any atom is 0.0471 e. The molecule has 0 aliphatic carbocycles. The van der Waals surface area contributed by atoms with E-state index >= 15 is 0 Å². The number of benzene rings is 1. The Kier molecular flexibility index (Phi) is 4.84. The van der Waals surface area contributed by atoms with E-state index in [1.54, 1.807) is 0 Å². The number of piperazine rings is 1. The standard InChI is InChI=1S/C17H29N3/c1-14-5-7-15(8-6-14)16(13-18)19-9-11-20(12-10-19)17(2,3)4/h5-8,16H,9-13,18H2,1-4H3. The summed E-state index contributed by atoms with van der Waals surface area (Å²) in [5.41, 5.74) is 8.97. The molecule has 112 valence electrons. The van der Waals surface area contributed by atoms with Crippen LogP contribution in [0, 0.1) is 6.92 Å². The topological polar surface area (TPSA) is 32.5 Å². The van der Waals surface area contributed by atoms with Crippen LogP contribution in [0.2, 0.25) is 0 Å². The van der Waals surface area contributed by atoms with Crippen molar-refractivity contribution in [2.24, 2.45) is 5.73 Å². The number of rotatable bonds is 3. The van der Waals surface area contributed by atoms with E-state index in [2.05, 4.69) is 61.8 Å². The number of hydrogen-bond donors (Lipinski definition) is 1. The Morgan fingerprint density at radius 2 is 1.60 bits per heavy atom. The Morgan fingerprint density at radius 1 is 1.05 bits per heavy atom. The van der Waals surface area contributed by atoms with Crippen molar-refractivity contribution in [3.8, 4) is 0 Å². The van der Waals surface area contributed by atoms with Crippen LogP contribution in [0.4, 0.5) is 0 Å². The molecule has 1 unspecified atom stereocenters. The van der Waals surface area contributed by atoms with Gasteiger partial charge in [0.25, 0.3) is 0 Å². The molecule has 1 saturated heterocycles. The van der Waals surface area contributed by atoms with Gasteiger partial charge in [-0.15, -0.1) is 0 Å². The predicted octanol–water partition coefficient (Wildman–Crippen LogP) is 2.41. The van der Waals surface area contributed by atoms with Gasteiger partial charge in [0.15, 0.2) is 0 Å². The van der Waals surface area contributed by atoms with E-state index in [1.165, 1.54) is 11.1 Å². The number of aryl methyl sites for hydroxylation is 1. The van der Waals surface area contributed by atoms with E-state index in [0.717, 1.165) is 26.2 Å². The van der Waals surface area contributed by atoms with Gasteiger partial charge in [-0.3, -0.25) is 9.80 Å². The first-order valence-corrected chi connectivity index (χ1v) is 7.67. The van der Waals surface area contributed by atoms with Crippen LogP contribution in [0.1, 0.15) is 37.9 Å². The van der Waals surface area contributed by atoms with E-state index in [1.807, 2.05) is 0 Å². The van der Waals surface area contributed by atoms with Gasteiger partial charge in [-0.25, -0.2) is 0 Å². The highest BCUT2D eigenvalue weighted by Crippen LogP contribution is 2.24. The van der Waals surface area contributed by atoms with Crippen molar-refractivity contribution >= 4 is 0 Å². The molecule has 1 aromatic rings. The molecule has 1 atom stereocenters. The Bertz CT molecular complexity index is 411. The molecule has 2 rings (SSSR count). The third-order valence-electron chi connectivity index (χ3n) is 4.39. The zero-order valence-corrected chi connectivity index (χ0v) is 13.4. The van der Waals surface area contributed by atoms with Gasteiger partial charge in [0.05, 0.1) is 0 Å². The summed E-state index contributed by atoms with van der Waals surface area (Å²) in [7, 11) is 0. The molecule has 0 saturated carbocycles. The molecule has 0 aromatic heterocycles. The second-order valence-electron chi connectivity index (χ2n) is 6.86. The summed E-state index contributed by atoms with van der Waals surface area (Å²) < 4.78 is 0. The molecule has 2 N–H and O–H groups in total. The SMILES string of the molecule is Cc1ccc(C(CN)N2CCN(C(C)(C)C)CC2)cc1. The van der Waals surface area contributed by atoms with Crippen LogP contribution >= 0.6 is 0 Å². The summed E-state index contributed by atoms with van der Waals surface area (Å²) in [5.74, 6) is 0. The van der Waals surface area contributed by atoms with Gasteiger partial charge in [-0.05, 0) is 33.3 Å². The molecule has 1 aliphatic heterocycles. The van der Waals surface area contributed by atoms with Crippen LogP contribution in [-0.4, -0.2) is 48.1 Å². The van der Waals surface area contributed by atoms with Crippen LogP contribution in [-0.2, 0) is 0 Å². The van der Waals surface area contributed by atoms with Gasteiger partial charge in [-0.1, -0.05) is 29.8 Å². The lowest BCUT2D eigenvalue weighted by atomic mass is 10.0. The molecule has 20 heavy (non-hydrogen) atoms. The van der Waals surface area contributed by atoms with Crippen molar-refractivity contribution in [2.75, 3.05) is 32.7 Å².